The lowest BCUT2D eigenvalue weighted by molar-refractivity contribution is -0.0883. The number of pyridine rings is 2. The summed E-state index contributed by atoms with van der Waals surface area (Å²) in [5.41, 5.74) is 7.03. The summed E-state index contributed by atoms with van der Waals surface area (Å²) in [4.78, 5) is 14.9. The highest BCUT2D eigenvalue weighted by Crippen LogP contribution is 2.46. The monoisotopic (exact) mass is 694 g/mol. The highest BCUT2D eigenvalue weighted by Gasteiger charge is 2.45. The summed E-state index contributed by atoms with van der Waals surface area (Å²) in [5.74, 6) is 3.21. The van der Waals surface area contributed by atoms with E-state index in [1.54, 1.807) is 0 Å². The Balaban J connectivity index is 0.934. The fraction of sp³-hybridized carbons (Fsp3) is 0.478. The number of rotatable bonds is 12. The molecular formula is C46H54N4O2. The standard InChI is InChI=1S/C46H54N4O2/c1-3-33-27-49-23-19-35(33)25-43(49)45(39-17-21-47-41-11-7-5-9-37(39)41)51-29-31-13-15-32(16-14-31)30-52-46(40-18-22-48-42-12-8-6-10-38(40)42)44-26-36-20-24-50(44)28-34(36)4-2/h5-18,21-22,33-36,43-46H,3-4,19-20,23-30H2,1-2H3/t33?,34?,35?,36?,43?,44?,45-,46-/m1/s1. The van der Waals surface area contributed by atoms with Gasteiger partial charge in [0.2, 0.25) is 0 Å². The van der Waals surface area contributed by atoms with E-state index in [9.17, 15) is 0 Å². The zero-order valence-corrected chi connectivity index (χ0v) is 30.9. The molecule has 0 aliphatic carbocycles. The molecule has 52 heavy (non-hydrogen) atoms. The van der Waals surface area contributed by atoms with E-state index in [2.05, 4.69) is 109 Å². The lowest BCUT2D eigenvalue weighted by atomic mass is 9.72. The highest BCUT2D eigenvalue weighted by atomic mass is 16.5. The molecule has 8 heterocycles. The second-order valence-corrected chi connectivity index (χ2v) is 16.1. The number of hydrogen-bond acceptors (Lipinski definition) is 6. The van der Waals surface area contributed by atoms with Crippen molar-refractivity contribution in [2.75, 3.05) is 26.2 Å². The summed E-state index contributed by atoms with van der Waals surface area (Å²) in [6.07, 6.45) is 11.5. The predicted molar refractivity (Wildman–Crippen MR) is 209 cm³/mol. The fourth-order valence-electron chi connectivity index (χ4n) is 10.6. The minimum atomic E-state index is 0.000546. The molecule has 6 nitrogen and oxygen atoms in total. The summed E-state index contributed by atoms with van der Waals surface area (Å²) in [6, 6.07) is 31.3. The number of ether oxygens (including phenoxy) is 2. The van der Waals surface area contributed by atoms with Crippen molar-refractivity contribution in [3.05, 3.63) is 120 Å². The van der Waals surface area contributed by atoms with Crippen LogP contribution < -0.4 is 0 Å². The van der Waals surface area contributed by atoms with E-state index in [0.29, 0.717) is 25.3 Å². The molecule has 6 saturated heterocycles. The van der Waals surface area contributed by atoms with E-state index >= 15 is 0 Å². The van der Waals surface area contributed by atoms with Crippen molar-refractivity contribution in [1.82, 2.24) is 19.8 Å². The molecule has 0 spiro atoms. The SMILES string of the molecule is CCC1CN2CCC1CC2[C@H](OCc1ccc(CO[C@H](c2ccnc3ccccc23)C2CC3CCN2CC3CC)cc1)c1ccnc2ccccc12. The van der Waals surface area contributed by atoms with Gasteiger partial charge in [-0.25, -0.2) is 0 Å². The highest BCUT2D eigenvalue weighted by molar-refractivity contribution is 5.83. The zero-order chi connectivity index (χ0) is 35.0. The smallest absolute Gasteiger partial charge is 0.0991 e. The molecule has 6 aliphatic heterocycles. The summed E-state index contributed by atoms with van der Waals surface area (Å²) in [6.45, 7) is 10.6. The maximum atomic E-state index is 7.03. The van der Waals surface area contributed by atoms with Gasteiger partial charge in [0.15, 0.2) is 0 Å². The molecule has 3 aromatic carbocycles. The van der Waals surface area contributed by atoms with E-state index in [1.165, 1.54) is 97.7 Å². The molecule has 0 saturated carbocycles. The fourth-order valence-corrected chi connectivity index (χ4v) is 10.6. The van der Waals surface area contributed by atoms with Crippen molar-refractivity contribution in [1.29, 1.82) is 0 Å². The molecule has 6 aliphatic rings. The number of piperidine rings is 6. The molecule has 11 rings (SSSR count). The summed E-state index contributed by atoms with van der Waals surface area (Å²) in [5, 5.41) is 2.42. The van der Waals surface area contributed by atoms with Gasteiger partial charge in [0, 0.05) is 48.3 Å². The Morgan fingerprint density at radius 3 is 1.44 bits per heavy atom. The third-order valence-electron chi connectivity index (χ3n) is 13.5. The van der Waals surface area contributed by atoms with Gasteiger partial charge in [-0.05, 0) is 109 Å². The van der Waals surface area contributed by atoms with Crippen LogP contribution in [0.5, 0.6) is 0 Å². The molecule has 0 N–H and O–H groups in total. The van der Waals surface area contributed by atoms with Gasteiger partial charge in [0.25, 0.3) is 0 Å². The van der Waals surface area contributed by atoms with Gasteiger partial charge >= 0.3 is 0 Å². The van der Waals surface area contributed by atoms with Crippen LogP contribution in [0.4, 0.5) is 0 Å². The Hall–Kier alpha value is -3.68. The van der Waals surface area contributed by atoms with Gasteiger partial charge in [-0.1, -0.05) is 87.4 Å². The quantitative estimate of drug-likeness (QED) is 0.130. The molecule has 6 heteroatoms. The average Bonchev–Trinajstić information content (AvgIpc) is 3.22. The number of nitrogens with zero attached hydrogens (tertiary/aromatic N) is 4. The Morgan fingerprint density at radius 1 is 0.596 bits per heavy atom. The Morgan fingerprint density at radius 2 is 1.04 bits per heavy atom. The molecular weight excluding hydrogens is 641 g/mol. The molecule has 6 fully saturated rings. The molecule has 5 aromatic rings. The molecule has 0 radical (unpaired) electrons. The van der Waals surface area contributed by atoms with Gasteiger partial charge in [0.05, 0.1) is 36.5 Å². The largest absolute Gasteiger partial charge is 0.367 e. The first kappa shape index (κ1) is 34.1. The van der Waals surface area contributed by atoms with E-state index < -0.39 is 0 Å². The van der Waals surface area contributed by atoms with Crippen LogP contribution in [0.2, 0.25) is 0 Å². The van der Waals surface area contributed by atoms with Gasteiger partial charge in [-0.3, -0.25) is 19.8 Å². The van der Waals surface area contributed by atoms with Crippen LogP contribution in [-0.4, -0.2) is 58.0 Å². The minimum absolute atomic E-state index is 0.000546. The molecule has 8 unspecified atom stereocenters. The number of aromatic nitrogens is 2. The van der Waals surface area contributed by atoms with Crippen molar-refractivity contribution in [2.24, 2.45) is 23.7 Å². The van der Waals surface area contributed by atoms with Crippen LogP contribution in [0.15, 0.2) is 97.3 Å². The topological polar surface area (TPSA) is 50.7 Å². The maximum Gasteiger partial charge on any atom is 0.0991 e. The number of para-hydroxylation sites is 2. The first-order chi connectivity index (χ1) is 25.7. The second kappa shape index (κ2) is 15.0. The Bertz CT molecular complexity index is 1830. The average molecular weight is 695 g/mol. The minimum Gasteiger partial charge on any atom is -0.367 e. The van der Waals surface area contributed by atoms with Crippen molar-refractivity contribution < 1.29 is 9.47 Å². The first-order valence-electron chi connectivity index (χ1n) is 20.1. The molecule has 0 amide bonds. The first-order valence-corrected chi connectivity index (χ1v) is 20.1. The van der Waals surface area contributed by atoms with E-state index in [4.69, 9.17) is 19.4 Å². The maximum absolute atomic E-state index is 7.03. The van der Waals surface area contributed by atoms with E-state index in [-0.39, 0.29) is 12.2 Å². The summed E-state index contributed by atoms with van der Waals surface area (Å²) >= 11 is 0. The molecule has 4 bridgehead atoms. The second-order valence-electron chi connectivity index (χ2n) is 16.1. The van der Waals surface area contributed by atoms with E-state index in [1.807, 2.05) is 12.4 Å². The number of fused-ring (bicyclic) bond motifs is 8. The lowest BCUT2D eigenvalue weighted by Crippen LogP contribution is -2.55. The van der Waals surface area contributed by atoms with Crippen molar-refractivity contribution >= 4 is 21.8 Å². The summed E-state index contributed by atoms with van der Waals surface area (Å²) in [7, 11) is 0. The Kier molecular flexibility index (Phi) is 9.83. The van der Waals surface area contributed by atoms with E-state index in [0.717, 1.165) is 34.7 Å². The Labute approximate surface area is 309 Å². The number of benzene rings is 3. The van der Waals surface area contributed by atoms with Crippen LogP contribution in [0, 0.1) is 23.7 Å². The third kappa shape index (κ3) is 6.57. The van der Waals surface area contributed by atoms with Crippen LogP contribution in [0.3, 0.4) is 0 Å². The molecule has 270 valence electrons. The van der Waals surface area contributed by atoms with Crippen molar-refractivity contribution in [3.8, 4) is 0 Å². The van der Waals surface area contributed by atoms with Gasteiger partial charge in [-0.2, -0.15) is 0 Å². The summed E-state index contributed by atoms with van der Waals surface area (Å²) < 4.78 is 14.1. The van der Waals surface area contributed by atoms with Gasteiger partial charge < -0.3 is 9.47 Å². The van der Waals surface area contributed by atoms with Crippen molar-refractivity contribution in [3.63, 3.8) is 0 Å². The lowest BCUT2D eigenvalue weighted by Gasteiger charge is -2.52. The molecule has 2 aromatic heterocycles. The number of hydrogen-bond donors (Lipinski definition) is 0. The van der Waals surface area contributed by atoms with Crippen LogP contribution in [-0.2, 0) is 22.7 Å². The molecule has 10 atom stereocenters. The van der Waals surface area contributed by atoms with Crippen LogP contribution >= 0.6 is 0 Å². The van der Waals surface area contributed by atoms with Crippen molar-refractivity contribution in [2.45, 2.75) is 89.9 Å². The normalized spacial score (nSPS) is 29.4. The van der Waals surface area contributed by atoms with Gasteiger partial charge in [0.1, 0.15) is 0 Å². The van der Waals surface area contributed by atoms with Crippen LogP contribution in [0.1, 0.15) is 86.8 Å². The van der Waals surface area contributed by atoms with Gasteiger partial charge in [-0.15, -0.1) is 0 Å². The van der Waals surface area contributed by atoms with Crippen LogP contribution in [0.25, 0.3) is 21.8 Å². The third-order valence-corrected chi connectivity index (χ3v) is 13.5. The zero-order valence-electron chi connectivity index (χ0n) is 30.9. The predicted octanol–water partition coefficient (Wildman–Crippen LogP) is 9.54.